The van der Waals surface area contributed by atoms with E-state index in [1.807, 2.05) is 34.3 Å². The largest absolute Gasteiger partial charge is 0.491 e. The van der Waals surface area contributed by atoms with Gasteiger partial charge in [-0.15, -0.1) is 0 Å². The smallest absolute Gasteiger partial charge is 0.335 e. The van der Waals surface area contributed by atoms with Gasteiger partial charge in [0.05, 0.1) is 38.0 Å². The Kier molecular flexibility index (Phi) is 7.76. The summed E-state index contributed by atoms with van der Waals surface area (Å²) in [6.07, 6.45) is 6.63. The summed E-state index contributed by atoms with van der Waals surface area (Å²) >= 11 is 19.7. The van der Waals surface area contributed by atoms with Crippen molar-refractivity contribution < 1.29 is 19.7 Å². The van der Waals surface area contributed by atoms with Gasteiger partial charge in [-0.3, -0.25) is 5.01 Å². The van der Waals surface area contributed by atoms with E-state index in [9.17, 15) is 15.0 Å². The Morgan fingerprint density at radius 1 is 1.02 bits per heavy atom. The molecule has 2 aliphatic heterocycles. The van der Waals surface area contributed by atoms with Crippen molar-refractivity contribution in [1.82, 2.24) is 4.98 Å². The molecule has 1 saturated carbocycles. The van der Waals surface area contributed by atoms with Crippen molar-refractivity contribution in [2.75, 3.05) is 29.6 Å². The van der Waals surface area contributed by atoms with Crippen LogP contribution in [0.3, 0.4) is 0 Å². The maximum atomic E-state index is 11.5. The molecule has 6 rings (SSSR count). The van der Waals surface area contributed by atoms with E-state index in [2.05, 4.69) is 10.1 Å². The number of benzene rings is 2. The minimum absolute atomic E-state index is 0.0693. The van der Waals surface area contributed by atoms with Crippen LogP contribution in [0.2, 0.25) is 15.1 Å². The van der Waals surface area contributed by atoms with Gasteiger partial charge in [0.15, 0.2) is 0 Å². The molecule has 3 aliphatic rings. The predicted molar refractivity (Wildman–Crippen MR) is 161 cm³/mol. The minimum atomic E-state index is -1.12. The van der Waals surface area contributed by atoms with Crippen molar-refractivity contribution in [3.05, 3.63) is 80.9 Å². The van der Waals surface area contributed by atoms with Gasteiger partial charge in [0.1, 0.15) is 18.2 Å². The number of hydrogen-bond acceptors (Lipinski definition) is 7. The molecule has 2 unspecified atom stereocenters. The monoisotopic (exact) mass is 614 g/mol. The highest BCUT2D eigenvalue weighted by molar-refractivity contribution is 6.39. The van der Waals surface area contributed by atoms with Crippen LogP contribution in [-0.2, 0) is 5.60 Å². The van der Waals surface area contributed by atoms with Crippen LogP contribution in [0.4, 0.5) is 11.5 Å². The fourth-order valence-corrected chi connectivity index (χ4v) is 6.69. The molecule has 2 aromatic carbocycles. The van der Waals surface area contributed by atoms with Crippen LogP contribution in [0.1, 0.15) is 41.6 Å². The molecule has 0 bridgehead atoms. The molecule has 2 fully saturated rings. The van der Waals surface area contributed by atoms with Crippen molar-refractivity contribution in [3.63, 3.8) is 0 Å². The van der Waals surface area contributed by atoms with E-state index in [4.69, 9.17) is 39.5 Å². The number of rotatable bonds is 8. The molecule has 0 radical (unpaired) electrons. The van der Waals surface area contributed by atoms with Crippen LogP contribution in [-0.4, -0.2) is 53.1 Å². The zero-order chi connectivity index (χ0) is 28.7. The molecule has 3 heterocycles. The second kappa shape index (κ2) is 11.3. The lowest BCUT2D eigenvalue weighted by Gasteiger charge is -2.39. The molecule has 2 N–H and O–H groups in total. The maximum Gasteiger partial charge on any atom is 0.335 e. The average Bonchev–Trinajstić information content (AvgIpc) is 3.72. The van der Waals surface area contributed by atoms with Gasteiger partial charge in [0, 0.05) is 37.0 Å². The van der Waals surface area contributed by atoms with E-state index in [-0.39, 0.29) is 17.5 Å². The van der Waals surface area contributed by atoms with Gasteiger partial charge in [0.2, 0.25) is 0 Å². The van der Waals surface area contributed by atoms with Crippen LogP contribution in [0.25, 0.3) is 0 Å². The van der Waals surface area contributed by atoms with Gasteiger partial charge in [-0.05, 0) is 68.0 Å². The van der Waals surface area contributed by atoms with E-state index < -0.39 is 11.6 Å². The highest BCUT2D eigenvalue weighted by atomic mass is 35.5. The quantitative estimate of drug-likeness (QED) is 0.298. The van der Waals surface area contributed by atoms with Gasteiger partial charge in [-0.1, -0.05) is 46.9 Å². The van der Waals surface area contributed by atoms with Crippen LogP contribution in [0.15, 0.2) is 59.8 Å². The summed E-state index contributed by atoms with van der Waals surface area (Å²) in [7, 11) is 0. The molecule has 0 spiro atoms. The Morgan fingerprint density at radius 3 is 2.41 bits per heavy atom. The Bertz CT molecular complexity index is 1470. The van der Waals surface area contributed by atoms with Gasteiger partial charge in [-0.2, -0.15) is 5.10 Å². The number of carboxylic acid groups (broad SMARTS) is 1. The first-order chi connectivity index (χ1) is 19.7. The number of aliphatic hydroxyl groups is 1. The standard InChI is InChI=1S/C30H29Cl3N4O4/c31-23-2-1-3-24(32)28(23)37-26(21(16-35-37)18-4-5-18)17-41-20-6-7-22(25(33)15-20)30(40)9-12-36(13-10-30)27-14-19(29(38)39)8-11-34-27/h1-3,6-8,11,14-16,18,21,26,40H,4-5,9-10,12-13,17H2,(H,38,39). The third-order valence-corrected chi connectivity index (χ3v) is 9.15. The van der Waals surface area contributed by atoms with E-state index in [0.717, 1.165) is 12.8 Å². The number of ether oxygens (including phenoxy) is 1. The van der Waals surface area contributed by atoms with E-state index in [0.29, 0.717) is 76.3 Å². The normalized spacial score (nSPS) is 21.8. The van der Waals surface area contributed by atoms with Gasteiger partial charge in [0.25, 0.3) is 0 Å². The van der Waals surface area contributed by atoms with E-state index in [1.165, 1.54) is 12.3 Å². The summed E-state index contributed by atoms with van der Waals surface area (Å²) < 4.78 is 6.25. The highest BCUT2D eigenvalue weighted by Gasteiger charge is 2.43. The number of halogens is 3. The Balaban J connectivity index is 1.14. The lowest BCUT2D eigenvalue weighted by molar-refractivity contribution is 0.0117. The molecule has 214 valence electrons. The fraction of sp³-hybridized carbons (Fsp3) is 0.367. The third-order valence-electron chi connectivity index (χ3n) is 8.22. The zero-order valence-corrected chi connectivity index (χ0v) is 24.4. The number of hydrazone groups is 1. The molecule has 1 aromatic heterocycles. The van der Waals surface area contributed by atoms with Crippen molar-refractivity contribution in [1.29, 1.82) is 0 Å². The number of carboxylic acids is 1. The van der Waals surface area contributed by atoms with Crippen molar-refractivity contribution in [2.24, 2.45) is 16.9 Å². The average molecular weight is 616 g/mol. The van der Waals surface area contributed by atoms with Crippen LogP contribution >= 0.6 is 34.8 Å². The number of carbonyl (C=O) groups is 1. The molecule has 0 amide bonds. The number of pyridine rings is 1. The summed E-state index contributed by atoms with van der Waals surface area (Å²) in [6.45, 7) is 1.37. The second-order valence-corrected chi connectivity index (χ2v) is 12.1. The molecule has 41 heavy (non-hydrogen) atoms. The topological polar surface area (TPSA) is 98.5 Å². The number of anilines is 2. The number of para-hydroxylation sites is 1. The fourth-order valence-electron chi connectivity index (χ4n) is 5.77. The summed E-state index contributed by atoms with van der Waals surface area (Å²) in [5, 5.41) is 28.9. The first-order valence-electron chi connectivity index (χ1n) is 13.6. The summed E-state index contributed by atoms with van der Waals surface area (Å²) in [5.74, 6) is 0.968. The number of nitrogens with zero attached hydrogens (tertiary/aromatic N) is 4. The first kappa shape index (κ1) is 28.1. The molecular formula is C30H29Cl3N4O4. The van der Waals surface area contributed by atoms with Crippen molar-refractivity contribution in [2.45, 2.75) is 37.3 Å². The maximum absolute atomic E-state index is 11.5. The van der Waals surface area contributed by atoms with E-state index >= 15 is 0 Å². The number of hydrogen-bond donors (Lipinski definition) is 2. The van der Waals surface area contributed by atoms with Gasteiger partial charge >= 0.3 is 5.97 Å². The van der Waals surface area contributed by atoms with E-state index in [1.54, 1.807) is 24.3 Å². The highest BCUT2D eigenvalue weighted by Crippen LogP contribution is 2.45. The number of aromatic nitrogens is 1. The molecule has 8 nitrogen and oxygen atoms in total. The molecule has 1 saturated heterocycles. The van der Waals surface area contributed by atoms with Crippen LogP contribution in [0.5, 0.6) is 5.75 Å². The Hall–Kier alpha value is -3.04. The van der Waals surface area contributed by atoms with Crippen LogP contribution in [0, 0.1) is 11.8 Å². The lowest BCUT2D eigenvalue weighted by atomic mass is 9.84. The SMILES string of the molecule is O=C(O)c1ccnc(N2CCC(O)(c3ccc(OCC4C(C5CC5)C=NN4c4c(Cl)cccc4Cl)cc3Cl)CC2)c1. The lowest BCUT2D eigenvalue weighted by Crippen LogP contribution is -2.43. The number of piperidine rings is 1. The zero-order valence-electron chi connectivity index (χ0n) is 22.1. The van der Waals surface area contributed by atoms with Crippen molar-refractivity contribution >= 4 is 58.5 Å². The van der Waals surface area contributed by atoms with Crippen molar-refractivity contribution in [3.8, 4) is 5.75 Å². The molecule has 11 heteroatoms. The summed E-state index contributed by atoms with van der Waals surface area (Å²) in [6, 6.07) is 13.8. The Morgan fingerprint density at radius 2 is 1.76 bits per heavy atom. The molecule has 1 aliphatic carbocycles. The summed E-state index contributed by atoms with van der Waals surface area (Å²) in [5.41, 5.74) is 0.378. The first-order valence-corrected chi connectivity index (χ1v) is 14.7. The third kappa shape index (κ3) is 5.71. The molecule has 3 aromatic rings. The summed E-state index contributed by atoms with van der Waals surface area (Å²) in [4.78, 5) is 17.6. The molecular weight excluding hydrogens is 587 g/mol. The Labute approximate surface area is 253 Å². The van der Waals surface area contributed by atoms with Crippen LogP contribution < -0.4 is 14.6 Å². The second-order valence-electron chi connectivity index (χ2n) is 10.8. The van der Waals surface area contributed by atoms with Gasteiger partial charge < -0.3 is 19.8 Å². The number of aromatic carboxylic acids is 1. The predicted octanol–water partition coefficient (Wildman–Crippen LogP) is 6.51. The molecule has 2 atom stereocenters. The minimum Gasteiger partial charge on any atom is -0.491 e. The van der Waals surface area contributed by atoms with Gasteiger partial charge in [-0.25, -0.2) is 9.78 Å².